The molecule has 0 aromatic rings. The number of nitrogens with two attached hydrogens (primary N) is 2. The summed E-state index contributed by atoms with van der Waals surface area (Å²) in [6.45, 7) is 5.41. The third-order valence-corrected chi connectivity index (χ3v) is 4.78. The van der Waals surface area contributed by atoms with Crippen molar-refractivity contribution in [3.8, 4) is 0 Å². The van der Waals surface area contributed by atoms with Crippen LogP contribution >= 0.6 is 0 Å². The molecule has 0 aromatic heterocycles. The molecule has 0 aromatic carbocycles. The van der Waals surface area contributed by atoms with Crippen molar-refractivity contribution in [2.24, 2.45) is 17.4 Å². The van der Waals surface area contributed by atoms with Crippen LogP contribution in [0.25, 0.3) is 0 Å². The SMILES string of the molecule is CCC(C)C(NC(=O)C(C)N)C(=O)NC(CCCCN)C(=O)NC(CC(=O)O)C(=O)O. The number of hydrogen-bond acceptors (Lipinski definition) is 7. The zero-order chi connectivity index (χ0) is 24.1. The molecule has 12 heteroatoms. The van der Waals surface area contributed by atoms with Crippen molar-refractivity contribution >= 4 is 29.7 Å². The third kappa shape index (κ3) is 10.7. The molecule has 0 heterocycles. The smallest absolute Gasteiger partial charge is 0.326 e. The van der Waals surface area contributed by atoms with E-state index in [2.05, 4.69) is 16.0 Å². The van der Waals surface area contributed by atoms with Gasteiger partial charge < -0.3 is 37.6 Å². The molecule has 31 heavy (non-hydrogen) atoms. The molecule has 0 rings (SSSR count). The summed E-state index contributed by atoms with van der Waals surface area (Å²) in [6, 6.07) is -4.58. The summed E-state index contributed by atoms with van der Waals surface area (Å²) < 4.78 is 0. The average molecular weight is 446 g/mol. The van der Waals surface area contributed by atoms with Gasteiger partial charge in [-0.15, -0.1) is 0 Å². The Morgan fingerprint density at radius 1 is 0.871 bits per heavy atom. The quantitative estimate of drug-likeness (QED) is 0.146. The Labute approximate surface area is 181 Å². The lowest BCUT2D eigenvalue weighted by Gasteiger charge is -2.27. The van der Waals surface area contributed by atoms with Gasteiger partial charge in [-0.2, -0.15) is 0 Å². The van der Waals surface area contributed by atoms with Crippen molar-refractivity contribution < 1.29 is 34.2 Å². The highest BCUT2D eigenvalue weighted by Crippen LogP contribution is 2.10. The molecule has 3 amide bonds. The van der Waals surface area contributed by atoms with Crippen LogP contribution in [0.4, 0.5) is 0 Å². The highest BCUT2D eigenvalue weighted by atomic mass is 16.4. The maximum absolute atomic E-state index is 12.9. The molecule has 0 aliphatic carbocycles. The van der Waals surface area contributed by atoms with Gasteiger partial charge in [0.1, 0.15) is 18.1 Å². The van der Waals surface area contributed by atoms with Crippen LogP contribution < -0.4 is 27.4 Å². The standard InChI is InChI=1S/C19H35N5O7/c1-4-10(2)15(24-16(27)11(3)21)18(29)22-12(7-5-6-8-20)17(28)23-13(19(30)31)9-14(25)26/h10-13,15H,4-9,20-21H2,1-3H3,(H,22,29)(H,23,28)(H,24,27)(H,25,26)(H,30,31). The van der Waals surface area contributed by atoms with Gasteiger partial charge in [0, 0.05) is 0 Å². The van der Waals surface area contributed by atoms with Crippen LogP contribution in [0.15, 0.2) is 0 Å². The van der Waals surface area contributed by atoms with Crippen LogP contribution in [0.2, 0.25) is 0 Å². The number of rotatable bonds is 15. The van der Waals surface area contributed by atoms with E-state index in [0.29, 0.717) is 25.8 Å². The van der Waals surface area contributed by atoms with E-state index in [9.17, 15) is 24.0 Å². The number of hydrogen-bond donors (Lipinski definition) is 7. The number of carbonyl (C=O) groups is 5. The van der Waals surface area contributed by atoms with E-state index in [-0.39, 0.29) is 12.3 Å². The zero-order valence-corrected chi connectivity index (χ0v) is 18.2. The number of nitrogens with one attached hydrogen (secondary N) is 3. The van der Waals surface area contributed by atoms with Crippen molar-refractivity contribution in [3.05, 3.63) is 0 Å². The van der Waals surface area contributed by atoms with Crippen LogP contribution in [0.1, 0.15) is 52.9 Å². The average Bonchev–Trinajstić information content (AvgIpc) is 2.69. The van der Waals surface area contributed by atoms with Gasteiger partial charge in [-0.1, -0.05) is 20.3 Å². The fourth-order valence-corrected chi connectivity index (χ4v) is 2.66. The Hall–Kier alpha value is -2.73. The summed E-state index contributed by atoms with van der Waals surface area (Å²) in [7, 11) is 0. The lowest BCUT2D eigenvalue weighted by atomic mass is 9.97. The third-order valence-electron chi connectivity index (χ3n) is 4.78. The van der Waals surface area contributed by atoms with Gasteiger partial charge in [0.05, 0.1) is 12.5 Å². The van der Waals surface area contributed by atoms with E-state index in [4.69, 9.17) is 21.7 Å². The molecule has 0 spiro atoms. The zero-order valence-electron chi connectivity index (χ0n) is 18.2. The largest absolute Gasteiger partial charge is 0.481 e. The second-order valence-corrected chi connectivity index (χ2v) is 7.50. The predicted molar refractivity (Wildman–Crippen MR) is 112 cm³/mol. The van der Waals surface area contributed by atoms with Gasteiger partial charge in [-0.05, 0) is 38.6 Å². The van der Waals surface area contributed by atoms with E-state index < -0.39 is 60.2 Å². The van der Waals surface area contributed by atoms with E-state index in [0.717, 1.165) is 0 Å². The van der Waals surface area contributed by atoms with Crippen LogP contribution in [-0.2, 0) is 24.0 Å². The minimum Gasteiger partial charge on any atom is -0.481 e. The molecular weight excluding hydrogens is 410 g/mol. The van der Waals surface area contributed by atoms with Gasteiger partial charge in [0.15, 0.2) is 0 Å². The molecule has 5 unspecified atom stereocenters. The molecule has 5 atom stereocenters. The van der Waals surface area contributed by atoms with Crippen LogP contribution in [0, 0.1) is 5.92 Å². The highest BCUT2D eigenvalue weighted by molar-refractivity contribution is 5.94. The van der Waals surface area contributed by atoms with Crippen LogP contribution in [0.3, 0.4) is 0 Å². The van der Waals surface area contributed by atoms with E-state index in [1.54, 1.807) is 6.92 Å². The lowest BCUT2D eigenvalue weighted by molar-refractivity contribution is -0.147. The second-order valence-electron chi connectivity index (χ2n) is 7.50. The number of carboxylic acid groups (broad SMARTS) is 2. The van der Waals surface area contributed by atoms with Crippen molar-refractivity contribution in [2.45, 2.75) is 77.0 Å². The van der Waals surface area contributed by atoms with E-state index >= 15 is 0 Å². The number of carboxylic acids is 2. The minimum atomic E-state index is -1.65. The summed E-state index contributed by atoms with van der Waals surface area (Å²) in [5.41, 5.74) is 11.0. The molecule has 178 valence electrons. The maximum Gasteiger partial charge on any atom is 0.326 e. The number of carbonyl (C=O) groups excluding carboxylic acids is 3. The van der Waals surface area contributed by atoms with E-state index in [1.807, 2.05) is 6.92 Å². The summed E-state index contributed by atoms with van der Waals surface area (Å²) in [6.07, 6.45) is 0.924. The van der Waals surface area contributed by atoms with Gasteiger partial charge in [0.25, 0.3) is 0 Å². The first kappa shape index (κ1) is 28.3. The fourth-order valence-electron chi connectivity index (χ4n) is 2.66. The molecule has 0 fully saturated rings. The van der Waals surface area contributed by atoms with Crippen molar-refractivity contribution in [1.82, 2.24) is 16.0 Å². The summed E-state index contributed by atoms with van der Waals surface area (Å²) in [5.74, 6) is -5.16. The van der Waals surface area contributed by atoms with Gasteiger partial charge in [-0.25, -0.2) is 4.79 Å². The number of unbranched alkanes of at least 4 members (excludes halogenated alkanes) is 1. The molecule has 0 aliphatic heterocycles. The molecule has 0 radical (unpaired) electrons. The summed E-state index contributed by atoms with van der Waals surface area (Å²) in [5, 5.41) is 25.3. The Morgan fingerprint density at radius 2 is 1.45 bits per heavy atom. The second kappa shape index (κ2) is 14.3. The molecular formula is C19H35N5O7. The van der Waals surface area contributed by atoms with Crippen molar-refractivity contribution in [2.75, 3.05) is 6.54 Å². The minimum absolute atomic E-state index is 0.155. The highest BCUT2D eigenvalue weighted by Gasteiger charge is 2.32. The Kier molecular flexibility index (Phi) is 13.0. The van der Waals surface area contributed by atoms with Crippen molar-refractivity contribution in [3.63, 3.8) is 0 Å². The lowest BCUT2D eigenvalue weighted by Crippen LogP contribution is -2.58. The normalized spacial score (nSPS) is 15.6. The van der Waals surface area contributed by atoms with E-state index in [1.165, 1.54) is 6.92 Å². The molecule has 0 saturated heterocycles. The Balaban J connectivity index is 5.50. The molecule has 9 N–H and O–H groups in total. The van der Waals surface area contributed by atoms with Crippen LogP contribution in [-0.4, -0.2) is 70.6 Å². The first-order valence-corrected chi connectivity index (χ1v) is 10.3. The first-order valence-electron chi connectivity index (χ1n) is 10.3. The Morgan fingerprint density at radius 3 is 1.90 bits per heavy atom. The topological polar surface area (TPSA) is 214 Å². The number of aliphatic carboxylic acids is 2. The summed E-state index contributed by atoms with van der Waals surface area (Å²) in [4.78, 5) is 59.6. The van der Waals surface area contributed by atoms with Gasteiger partial charge in [0.2, 0.25) is 17.7 Å². The monoisotopic (exact) mass is 445 g/mol. The Bertz CT molecular complexity index is 641. The first-order chi connectivity index (χ1) is 14.4. The number of amides is 3. The molecule has 12 nitrogen and oxygen atoms in total. The fraction of sp³-hybridized carbons (Fsp3) is 0.737. The maximum atomic E-state index is 12.9. The van der Waals surface area contributed by atoms with Crippen molar-refractivity contribution in [1.29, 1.82) is 0 Å². The van der Waals surface area contributed by atoms with Gasteiger partial charge in [-0.3, -0.25) is 19.2 Å². The molecule has 0 saturated carbocycles. The molecule has 0 aliphatic rings. The van der Waals surface area contributed by atoms with Crippen LogP contribution in [0.5, 0.6) is 0 Å². The summed E-state index contributed by atoms with van der Waals surface area (Å²) >= 11 is 0. The molecule has 0 bridgehead atoms. The van der Waals surface area contributed by atoms with Gasteiger partial charge >= 0.3 is 11.9 Å². The predicted octanol–water partition coefficient (Wildman–Crippen LogP) is -1.48.